The molecule has 0 aromatic heterocycles. The summed E-state index contributed by atoms with van der Waals surface area (Å²) < 4.78 is 29.3. The Balaban J connectivity index is 1.32. The van der Waals surface area contributed by atoms with Crippen LogP contribution in [-0.4, -0.2) is 62.9 Å². The van der Waals surface area contributed by atoms with E-state index in [1.165, 1.54) is 12.5 Å². The van der Waals surface area contributed by atoms with Crippen LogP contribution < -0.4 is 4.72 Å². The van der Waals surface area contributed by atoms with Crippen molar-refractivity contribution in [1.82, 2.24) is 14.5 Å². The SMILES string of the molecule is O=C(c1cccc(S(=O)(=O)NCC(c2ccccc2)c2ccccc2)c1)N1CCN2CCC[C@H]2C1. The topological polar surface area (TPSA) is 69.7 Å². The summed E-state index contributed by atoms with van der Waals surface area (Å²) in [5.41, 5.74) is 2.50. The highest BCUT2D eigenvalue weighted by atomic mass is 32.2. The van der Waals surface area contributed by atoms with E-state index in [4.69, 9.17) is 0 Å². The highest BCUT2D eigenvalue weighted by molar-refractivity contribution is 7.89. The minimum Gasteiger partial charge on any atom is -0.336 e. The number of rotatable bonds is 7. The summed E-state index contributed by atoms with van der Waals surface area (Å²) >= 11 is 0. The maximum atomic E-state index is 13.3. The van der Waals surface area contributed by atoms with Crippen LogP contribution in [0, 0.1) is 0 Å². The molecule has 2 aliphatic rings. The van der Waals surface area contributed by atoms with E-state index in [1.54, 1.807) is 18.2 Å². The molecule has 1 N–H and O–H groups in total. The predicted molar refractivity (Wildman–Crippen MR) is 137 cm³/mol. The van der Waals surface area contributed by atoms with Crippen molar-refractivity contribution in [2.45, 2.75) is 29.7 Å². The van der Waals surface area contributed by atoms with Crippen molar-refractivity contribution < 1.29 is 13.2 Å². The van der Waals surface area contributed by atoms with E-state index in [2.05, 4.69) is 9.62 Å². The van der Waals surface area contributed by atoms with Gasteiger partial charge in [0.2, 0.25) is 10.0 Å². The summed E-state index contributed by atoms with van der Waals surface area (Å²) in [5.74, 6) is -0.222. The van der Waals surface area contributed by atoms with E-state index in [-0.39, 0.29) is 23.3 Å². The maximum absolute atomic E-state index is 13.3. The Morgan fingerprint density at radius 3 is 2.26 bits per heavy atom. The number of hydrogen-bond acceptors (Lipinski definition) is 4. The molecule has 5 rings (SSSR count). The molecule has 2 aliphatic heterocycles. The summed E-state index contributed by atoms with van der Waals surface area (Å²) in [6.45, 7) is 3.61. The van der Waals surface area contributed by atoms with Crippen LogP contribution in [-0.2, 0) is 10.0 Å². The number of amides is 1. The molecular formula is C28H31N3O3S. The Labute approximate surface area is 207 Å². The summed E-state index contributed by atoms with van der Waals surface area (Å²) in [6, 6.07) is 26.6. The highest BCUT2D eigenvalue weighted by Gasteiger charge is 2.33. The molecule has 1 atom stereocenters. The molecule has 3 aromatic carbocycles. The van der Waals surface area contributed by atoms with E-state index in [1.807, 2.05) is 65.6 Å². The fourth-order valence-electron chi connectivity index (χ4n) is 5.23. The average Bonchev–Trinajstić information content (AvgIpc) is 3.38. The Hall–Kier alpha value is -3.00. The molecule has 0 radical (unpaired) electrons. The van der Waals surface area contributed by atoms with Gasteiger partial charge in [0.05, 0.1) is 4.90 Å². The van der Waals surface area contributed by atoms with Crippen LogP contribution in [0.4, 0.5) is 0 Å². The van der Waals surface area contributed by atoms with Gasteiger partial charge < -0.3 is 4.90 Å². The third-order valence-corrected chi connectivity index (χ3v) is 8.57. The van der Waals surface area contributed by atoms with E-state index < -0.39 is 10.0 Å². The van der Waals surface area contributed by atoms with E-state index in [0.29, 0.717) is 24.7 Å². The van der Waals surface area contributed by atoms with Crippen molar-refractivity contribution in [2.24, 2.45) is 0 Å². The lowest BCUT2D eigenvalue weighted by Gasteiger charge is -2.37. The van der Waals surface area contributed by atoms with Gasteiger partial charge in [-0.25, -0.2) is 13.1 Å². The van der Waals surface area contributed by atoms with Crippen LogP contribution in [0.5, 0.6) is 0 Å². The number of carbonyl (C=O) groups is 1. The first-order valence-corrected chi connectivity index (χ1v) is 13.7. The number of nitrogens with one attached hydrogen (secondary N) is 1. The first kappa shape index (κ1) is 23.7. The fourth-order valence-corrected chi connectivity index (χ4v) is 6.32. The van der Waals surface area contributed by atoms with Crippen LogP contribution in [0.2, 0.25) is 0 Å². The van der Waals surface area contributed by atoms with Crippen molar-refractivity contribution in [3.63, 3.8) is 0 Å². The number of carbonyl (C=O) groups excluding carboxylic acids is 1. The molecule has 2 heterocycles. The van der Waals surface area contributed by atoms with Crippen molar-refractivity contribution >= 4 is 15.9 Å². The highest BCUT2D eigenvalue weighted by Crippen LogP contribution is 2.25. The molecule has 0 spiro atoms. The van der Waals surface area contributed by atoms with Crippen molar-refractivity contribution in [2.75, 3.05) is 32.7 Å². The smallest absolute Gasteiger partial charge is 0.253 e. The molecular weight excluding hydrogens is 458 g/mol. The molecule has 6 nitrogen and oxygen atoms in total. The van der Waals surface area contributed by atoms with Gasteiger partial charge in [-0.2, -0.15) is 0 Å². The Morgan fingerprint density at radius 1 is 0.886 bits per heavy atom. The van der Waals surface area contributed by atoms with Gasteiger partial charge >= 0.3 is 0 Å². The van der Waals surface area contributed by atoms with Crippen LogP contribution in [0.1, 0.15) is 40.2 Å². The average molecular weight is 490 g/mol. The predicted octanol–water partition coefficient (Wildman–Crippen LogP) is 3.72. The van der Waals surface area contributed by atoms with Gasteiger partial charge in [0.15, 0.2) is 0 Å². The molecule has 0 saturated carbocycles. The van der Waals surface area contributed by atoms with Crippen LogP contribution in [0.15, 0.2) is 89.8 Å². The normalized spacial score (nSPS) is 18.5. The largest absolute Gasteiger partial charge is 0.336 e. The number of fused-ring (bicyclic) bond motifs is 1. The molecule has 2 saturated heterocycles. The van der Waals surface area contributed by atoms with Gasteiger partial charge in [0.1, 0.15) is 0 Å². The molecule has 2 fully saturated rings. The van der Waals surface area contributed by atoms with Gasteiger partial charge in [0, 0.05) is 43.7 Å². The third-order valence-electron chi connectivity index (χ3n) is 7.15. The van der Waals surface area contributed by atoms with Crippen molar-refractivity contribution in [1.29, 1.82) is 0 Å². The maximum Gasteiger partial charge on any atom is 0.253 e. The standard InChI is InChI=1S/C28H31N3O3S/c32-28(31-18-17-30-16-8-14-25(30)21-31)24-13-7-15-26(19-24)35(33,34)29-20-27(22-9-3-1-4-10-22)23-11-5-2-6-12-23/h1-7,9-13,15,19,25,27,29H,8,14,16-18,20-21H2/t25-/m0/s1. The van der Waals surface area contributed by atoms with Gasteiger partial charge in [-0.1, -0.05) is 66.7 Å². The summed E-state index contributed by atoms with van der Waals surface area (Å²) in [5, 5.41) is 0. The Bertz CT molecular complexity index is 1230. The number of piperazine rings is 1. The second kappa shape index (κ2) is 10.3. The minimum absolute atomic E-state index is 0.0972. The van der Waals surface area contributed by atoms with E-state index in [0.717, 1.165) is 30.6 Å². The molecule has 0 bridgehead atoms. The molecule has 3 aromatic rings. The van der Waals surface area contributed by atoms with Gasteiger partial charge in [-0.15, -0.1) is 0 Å². The van der Waals surface area contributed by atoms with Gasteiger partial charge in [-0.3, -0.25) is 9.69 Å². The quantitative estimate of drug-likeness (QED) is 0.549. The summed E-state index contributed by atoms with van der Waals surface area (Å²) in [7, 11) is -3.80. The second-order valence-corrected chi connectivity index (χ2v) is 11.1. The van der Waals surface area contributed by atoms with E-state index >= 15 is 0 Å². The number of benzene rings is 3. The summed E-state index contributed by atoms with van der Waals surface area (Å²) in [4.78, 5) is 17.6. The lowest BCUT2D eigenvalue weighted by Crippen LogP contribution is -2.52. The minimum atomic E-state index is -3.80. The number of nitrogens with zero attached hydrogens (tertiary/aromatic N) is 2. The summed E-state index contributed by atoms with van der Waals surface area (Å²) in [6.07, 6.45) is 2.30. The van der Waals surface area contributed by atoms with Gasteiger partial charge in [0.25, 0.3) is 5.91 Å². The lowest BCUT2D eigenvalue weighted by molar-refractivity contribution is 0.0571. The fraction of sp³-hybridized carbons (Fsp3) is 0.321. The zero-order valence-electron chi connectivity index (χ0n) is 19.7. The first-order valence-electron chi connectivity index (χ1n) is 12.2. The second-order valence-electron chi connectivity index (χ2n) is 9.34. The molecule has 1 amide bonds. The molecule has 0 aliphatic carbocycles. The Kier molecular flexibility index (Phi) is 7.00. The zero-order chi connectivity index (χ0) is 24.3. The van der Waals surface area contributed by atoms with Crippen molar-refractivity contribution in [3.8, 4) is 0 Å². The van der Waals surface area contributed by atoms with Crippen LogP contribution >= 0.6 is 0 Å². The van der Waals surface area contributed by atoms with Crippen molar-refractivity contribution in [3.05, 3.63) is 102 Å². The molecule has 7 heteroatoms. The molecule has 182 valence electrons. The van der Waals surface area contributed by atoms with Gasteiger partial charge in [-0.05, 0) is 48.7 Å². The number of sulfonamides is 1. The monoisotopic (exact) mass is 489 g/mol. The molecule has 0 unspecified atom stereocenters. The van der Waals surface area contributed by atoms with Crippen LogP contribution in [0.25, 0.3) is 0 Å². The lowest BCUT2D eigenvalue weighted by atomic mass is 9.92. The molecule has 35 heavy (non-hydrogen) atoms. The first-order chi connectivity index (χ1) is 17.0. The number of hydrogen-bond donors (Lipinski definition) is 1. The van der Waals surface area contributed by atoms with E-state index in [9.17, 15) is 13.2 Å². The Morgan fingerprint density at radius 2 is 1.57 bits per heavy atom. The third kappa shape index (κ3) is 5.32. The van der Waals surface area contributed by atoms with Crippen LogP contribution in [0.3, 0.4) is 0 Å². The zero-order valence-corrected chi connectivity index (χ0v) is 20.5.